The number of para-hydroxylation sites is 1. The van der Waals surface area contributed by atoms with Crippen molar-refractivity contribution >= 4 is 35.2 Å². The second kappa shape index (κ2) is 8.88. The second-order valence-corrected chi connectivity index (χ2v) is 6.16. The molecule has 0 spiro atoms. The van der Waals surface area contributed by atoms with Crippen molar-refractivity contribution in [1.82, 2.24) is 4.90 Å². The molecule has 0 aliphatic heterocycles. The number of likely N-dealkylation sites (N-methyl/N-ethyl adjacent to an activating group) is 1. The molecule has 0 saturated carbocycles. The summed E-state index contributed by atoms with van der Waals surface area (Å²) in [6, 6.07) is 8.53. The summed E-state index contributed by atoms with van der Waals surface area (Å²) in [7, 11) is 1.28. The maximum Gasteiger partial charge on any atom is 0.418 e. The Labute approximate surface area is 163 Å². The molecule has 4 nitrogen and oxygen atoms in total. The van der Waals surface area contributed by atoms with E-state index in [1.54, 1.807) is 0 Å². The molecule has 1 N–H and O–H groups in total. The van der Waals surface area contributed by atoms with Gasteiger partial charge in [0.25, 0.3) is 0 Å². The molecule has 28 heavy (non-hydrogen) atoms. The van der Waals surface area contributed by atoms with Crippen LogP contribution < -0.4 is 5.32 Å². The molecule has 2 amide bonds. The van der Waals surface area contributed by atoms with Gasteiger partial charge in [-0.2, -0.15) is 13.2 Å². The SMILES string of the molecule is CN(CC(=O)Nc1ccccc1C(F)(F)F)C(=O)/C=C/c1c(F)cccc1Cl. The summed E-state index contributed by atoms with van der Waals surface area (Å²) in [4.78, 5) is 25.0. The molecule has 2 aromatic rings. The Balaban J connectivity index is 2.03. The smallest absolute Gasteiger partial charge is 0.333 e. The van der Waals surface area contributed by atoms with Crippen LogP contribution >= 0.6 is 11.6 Å². The third-order valence-electron chi connectivity index (χ3n) is 3.66. The first-order valence-corrected chi connectivity index (χ1v) is 8.30. The van der Waals surface area contributed by atoms with Crippen molar-refractivity contribution in [3.63, 3.8) is 0 Å². The van der Waals surface area contributed by atoms with Gasteiger partial charge in [-0.25, -0.2) is 4.39 Å². The highest BCUT2D eigenvalue weighted by atomic mass is 35.5. The second-order valence-electron chi connectivity index (χ2n) is 5.75. The molecular formula is C19H15ClF4N2O2. The number of halogens is 5. The van der Waals surface area contributed by atoms with Crippen molar-refractivity contribution < 1.29 is 27.2 Å². The Bertz CT molecular complexity index is 893. The van der Waals surface area contributed by atoms with Crippen LogP contribution in [-0.4, -0.2) is 30.3 Å². The predicted octanol–water partition coefficient (Wildman–Crippen LogP) is 4.61. The lowest BCUT2D eigenvalue weighted by Crippen LogP contribution is -2.34. The van der Waals surface area contributed by atoms with E-state index in [9.17, 15) is 27.2 Å². The van der Waals surface area contributed by atoms with Crippen molar-refractivity contribution in [1.29, 1.82) is 0 Å². The minimum atomic E-state index is -4.63. The molecule has 0 bridgehead atoms. The van der Waals surface area contributed by atoms with E-state index >= 15 is 0 Å². The third kappa shape index (κ3) is 5.56. The average molecular weight is 415 g/mol. The number of rotatable bonds is 5. The fourth-order valence-corrected chi connectivity index (χ4v) is 2.50. The van der Waals surface area contributed by atoms with E-state index in [1.165, 1.54) is 37.4 Å². The Morgan fingerprint density at radius 2 is 1.82 bits per heavy atom. The maximum atomic E-state index is 13.7. The first-order valence-electron chi connectivity index (χ1n) is 7.93. The van der Waals surface area contributed by atoms with E-state index in [1.807, 2.05) is 0 Å². The lowest BCUT2D eigenvalue weighted by molar-refractivity contribution is -0.137. The van der Waals surface area contributed by atoms with Crippen molar-refractivity contribution in [2.75, 3.05) is 18.9 Å². The van der Waals surface area contributed by atoms with Crippen LogP contribution in [0.3, 0.4) is 0 Å². The fourth-order valence-electron chi connectivity index (χ4n) is 2.27. The molecule has 0 aliphatic rings. The quantitative estimate of drug-likeness (QED) is 0.574. The van der Waals surface area contributed by atoms with Gasteiger partial charge < -0.3 is 10.2 Å². The molecule has 0 saturated heterocycles. The zero-order valence-corrected chi connectivity index (χ0v) is 15.3. The summed E-state index contributed by atoms with van der Waals surface area (Å²) in [5.41, 5.74) is -1.39. The number of hydrogen-bond acceptors (Lipinski definition) is 2. The molecule has 0 aromatic heterocycles. The van der Waals surface area contributed by atoms with Gasteiger partial charge in [-0.1, -0.05) is 29.8 Å². The van der Waals surface area contributed by atoms with Gasteiger partial charge in [0, 0.05) is 18.7 Å². The summed E-state index contributed by atoms with van der Waals surface area (Å²) in [6.45, 7) is -0.500. The first-order chi connectivity index (χ1) is 13.1. The number of amides is 2. The van der Waals surface area contributed by atoms with Gasteiger partial charge in [0.15, 0.2) is 0 Å². The van der Waals surface area contributed by atoms with Crippen molar-refractivity contribution in [2.24, 2.45) is 0 Å². The summed E-state index contributed by atoms with van der Waals surface area (Å²) in [6.07, 6.45) is -2.46. The lowest BCUT2D eigenvalue weighted by Gasteiger charge is -2.17. The molecule has 0 unspecified atom stereocenters. The minimum Gasteiger partial charge on any atom is -0.333 e. The van der Waals surface area contributed by atoms with Crippen LogP contribution in [0, 0.1) is 5.82 Å². The Kier molecular flexibility index (Phi) is 6.80. The number of carbonyl (C=O) groups is 2. The van der Waals surface area contributed by atoms with Crippen LogP contribution in [-0.2, 0) is 15.8 Å². The number of carbonyl (C=O) groups excluding carboxylic acids is 2. The normalized spacial score (nSPS) is 11.5. The molecule has 0 fully saturated rings. The van der Waals surface area contributed by atoms with Crippen molar-refractivity contribution in [3.05, 3.63) is 70.5 Å². The highest BCUT2D eigenvalue weighted by molar-refractivity contribution is 6.32. The topological polar surface area (TPSA) is 49.4 Å². The number of hydrogen-bond donors (Lipinski definition) is 1. The van der Waals surface area contributed by atoms with E-state index < -0.39 is 41.6 Å². The number of alkyl halides is 3. The standard InChI is InChI=1S/C19H15ClF4N2O2/c1-26(18(28)10-9-12-14(20)6-4-7-15(12)21)11-17(27)25-16-8-3-2-5-13(16)19(22,23)24/h2-10H,11H2,1H3,(H,25,27)/b10-9+. The van der Waals surface area contributed by atoms with Crippen LogP contribution in [0.4, 0.5) is 23.2 Å². The highest BCUT2D eigenvalue weighted by Gasteiger charge is 2.33. The van der Waals surface area contributed by atoms with E-state index in [-0.39, 0.29) is 10.6 Å². The van der Waals surface area contributed by atoms with Crippen LogP contribution in [0.2, 0.25) is 5.02 Å². The Hall–Kier alpha value is -2.87. The van der Waals surface area contributed by atoms with Gasteiger partial charge >= 0.3 is 6.18 Å². The van der Waals surface area contributed by atoms with Gasteiger partial charge in [0.05, 0.1) is 22.8 Å². The number of nitrogens with one attached hydrogen (secondary N) is 1. The first kappa shape index (κ1) is 21.4. The summed E-state index contributed by atoms with van der Waals surface area (Å²) >= 11 is 5.85. The zero-order chi connectivity index (χ0) is 20.9. The summed E-state index contributed by atoms with van der Waals surface area (Å²) < 4.78 is 52.5. The number of anilines is 1. The number of benzene rings is 2. The van der Waals surface area contributed by atoms with Gasteiger partial charge in [0.1, 0.15) is 5.82 Å². The monoisotopic (exact) mass is 414 g/mol. The van der Waals surface area contributed by atoms with Gasteiger partial charge in [-0.15, -0.1) is 0 Å². The van der Waals surface area contributed by atoms with E-state index in [2.05, 4.69) is 5.32 Å². The van der Waals surface area contributed by atoms with Crippen molar-refractivity contribution in [2.45, 2.75) is 6.18 Å². The van der Waals surface area contributed by atoms with Crippen LogP contribution in [0.25, 0.3) is 6.08 Å². The maximum absolute atomic E-state index is 13.7. The fraction of sp³-hybridized carbons (Fsp3) is 0.158. The molecule has 0 heterocycles. The Morgan fingerprint density at radius 1 is 1.14 bits per heavy atom. The molecule has 0 aliphatic carbocycles. The Morgan fingerprint density at radius 3 is 2.46 bits per heavy atom. The molecule has 0 atom stereocenters. The van der Waals surface area contributed by atoms with E-state index in [4.69, 9.17) is 11.6 Å². The molecule has 148 valence electrons. The van der Waals surface area contributed by atoms with Crippen LogP contribution in [0.15, 0.2) is 48.5 Å². The molecule has 2 rings (SSSR count). The lowest BCUT2D eigenvalue weighted by atomic mass is 10.1. The summed E-state index contributed by atoms with van der Waals surface area (Å²) in [5, 5.41) is 2.24. The highest BCUT2D eigenvalue weighted by Crippen LogP contribution is 2.34. The summed E-state index contributed by atoms with van der Waals surface area (Å²) in [5.74, 6) is -2.09. The van der Waals surface area contributed by atoms with E-state index in [0.717, 1.165) is 29.2 Å². The molecule has 9 heteroatoms. The van der Waals surface area contributed by atoms with Gasteiger partial charge in [0.2, 0.25) is 11.8 Å². The van der Waals surface area contributed by atoms with Gasteiger partial charge in [-0.3, -0.25) is 9.59 Å². The van der Waals surface area contributed by atoms with Crippen LogP contribution in [0.5, 0.6) is 0 Å². The third-order valence-corrected chi connectivity index (χ3v) is 3.99. The molecule has 0 radical (unpaired) electrons. The van der Waals surface area contributed by atoms with Crippen LogP contribution in [0.1, 0.15) is 11.1 Å². The minimum absolute atomic E-state index is 0.00877. The largest absolute Gasteiger partial charge is 0.418 e. The average Bonchev–Trinajstić information content (AvgIpc) is 2.60. The molecular weight excluding hydrogens is 400 g/mol. The zero-order valence-electron chi connectivity index (χ0n) is 14.6. The predicted molar refractivity (Wildman–Crippen MR) is 98.2 cm³/mol. The van der Waals surface area contributed by atoms with Crippen molar-refractivity contribution in [3.8, 4) is 0 Å². The molecule has 2 aromatic carbocycles. The van der Waals surface area contributed by atoms with E-state index in [0.29, 0.717) is 0 Å². The number of nitrogens with zero attached hydrogens (tertiary/aromatic N) is 1. The van der Waals surface area contributed by atoms with Gasteiger partial charge in [-0.05, 0) is 30.3 Å².